The van der Waals surface area contributed by atoms with Crippen LogP contribution in [-0.2, 0) is 13.8 Å². The molecule has 5 nitrogen and oxygen atoms in total. The highest BCUT2D eigenvalue weighted by Crippen LogP contribution is 2.29. The first-order chi connectivity index (χ1) is 8.84. The number of nitrogens with one attached hydrogen (secondary N) is 1. The first-order valence-electron chi connectivity index (χ1n) is 5.42. The van der Waals surface area contributed by atoms with Gasteiger partial charge in [0, 0.05) is 24.2 Å². The number of benzene rings is 1. The predicted molar refractivity (Wildman–Crippen MR) is 76.0 cm³/mol. The molecule has 0 aromatic heterocycles. The molecule has 0 aliphatic heterocycles. The van der Waals surface area contributed by atoms with Crippen molar-refractivity contribution in [3.63, 3.8) is 0 Å². The van der Waals surface area contributed by atoms with E-state index < -0.39 is 9.05 Å². The molecule has 1 rings (SSSR count). The zero-order valence-corrected chi connectivity index (χ0v) is 13.3. The molecule has 8 heteroatoms. The van der Waals surface area contributed by atoms with Crippen LogP contribution in [0.25, 0.3) is 0 Å². The third kappa shape index (κ3) is 5.38. The van der Waals surface area contributed by atoms with Crippen molar-refractivity contribution in [3.8, 4) is 5.75 Å². The van der Waals surface area contributed by atoms with Gasteiger partial charge in [0.15, 0.2) is 0 Å². The minimum atomic E-state index is -3.75. The number of carbonyl (C=O) groups is 1. The van der Waals surface area contributed by atoms with Crippen LogP contribution >= 0.6 is 26.6 Å². The molecule has 0 fully saturated rings. The van der Waals surface area contributed by atoms with E-state index in [1.165, 1.54) is 18.2 Å². The van der Waals surface area contributed by atoms with Crippen LogP contribution in [0.15, 0.2) is 27.6 Å². The summed E-state index contributed by atoms with van der Waals surface area (Å²) < 4.78 is 28.2. The van der Waals surface area contributed by atoms with Gasteiger partial charge in [-0.25, -0.2) is 8.42 Å². The second-order valence-electron chi connectivity index (χ2n) is 3.66. The van der Waals surface area contributed by atoms with Gasteiger partial charge in [-0.15, -0.1) is 0 Å². The molecule has 1 aromatic carbocycles. The Labute approximate surface area is 124 Å². The van der Waals surface area contributed by atoms with Crippen molar-refractivity contribution in [2.75, 3.05) is 13.7 Å². The molecular formula is C11H13BrClNO4S. The average molecular weight is 371 g/mol. The Balaban J connectivity index is 2.59. The summed E-state index contributed by atoms with van der Waals surface area (Å²) in [4.78, 5) is 11.0. The summed E-state index contributed by atoms with van der Waals surface area (Å²) in [6, 6.07) is 4.25. The highest BCUT2D eigenvalue weighted by atomic mass is 79.9. The van der Waals surface area contributed by atoms with Crippen LogP contribution in [0.1, 0.15) is 12.8 Å². The number of amides is 1. The first-order valence-corrected chi connectivity index (χ1v) is 8.52. The topological polar surface area (TPSA) is 72.5 Å². The van der Waals surface area contributed by atoms with Gasteiger partial charge in [0.25, 0.3) is 9.05 Å². The Morgan fingerprint density at radius 3 is 2.68 bits per heavy atom. The summed E-state index contributed by atoms with van der Waals surface area (Å²) in [7, 11) is 3.05. The Bertz CT molecular complexity index is 562. The van der Waals surface area contributed by atoms with Gasteiger partial charge < -0.3 is 10.1 Å². The average Bonchev–Trinajstić information content (AvgIpc) is 2.34. The molecule has 0 spiro atoms. The molecule has 0 saturated heterocycles. The lowest BCUT2D eigenvalue weighted by atomic mass is 10.3. The minimum absolute atomic E-state index is 0.00116. The molecule has 0 atom stereocenters. The molecule has 0 bridgehead atoms. The van der Waals surface area contributed by atoms with E-state index in [1.807, 2.05) is 0 Å². The minimum Gasteiger partial charge on any atom is -0.492 e. The Kier molecular flexibility index (Phi) is 6.09. The lowest BCUT2D eigenvalue weighted by Crippen LogP contribution is -2.18. The zero-order valence-electron chi connectivity index (χ0n) is 10.2. The highest BCUT2D eigenvalue weighted by Gasteiger charge is 2.12. The first kappa shape index (κ1) is 16.3. The fourth-order valence-electron chi connectivity index (χ4n) is 1.29. The number of carbonyl (C=O) groups excluding carboxylic acids is 1. The summed E-state index contributed by atoms with van der Waals surface area (Å²) in [5.41, 5.74) is 0. The molecule has 1 amide bonds. The SMILES string of the molecule is CNC(=O)CCCOc1ccc(S(=O)(=O)Cl)cc1Br. The smallest absolute Gasteiger partial charge is 0.261 e. The fourth-order valence-corrected chi connectivity index (χ4v) is 2.71. The second kappa shape index (κ2) is 7.12. The van der Waals surface area contributed by atoms with Crippen molar-refractivity contribution in [1.29, 1.82) is 0 Å². The largest absolute Gasteiger partial charge is 0.492 e. The van der Waals surface area contributed by atoms with Crippen molar-refractivity contribution >= 4 is 41.6 Å². The maximum Gasteiger partial charge on any atom is 0.261 e. The quantitative estimate of drug-likeness (QED) is 0.616. The normalized spacial score (nSPS) is 11.1. The molecule has 0 unspecified atom stereocenters. The third-order valence-electron chi connectivity index (χ3n) is 2.27. The van der Waals surface area contributed by atoms with Gasteiger partial charge in [-0.2, -0.15) is 0 Å². The number of hydrogen-bond acceptors (Lipinski definition) is 4. The molecule has 1 aromatic rings. The predicted octanol–water partition coefficient (Wildman–Crippen LogP) is 2.28. The van der Waals surface area contributed by atoms with E-state index in [0.29, 0.717) is 29.7 Å². The molecule has 106 valence electrons. The van der Waals surface area contributed by atoms with Crippen molar-refractivity contribution < 1.29 is 17.9 Å². The van der Waals surface area contributed by atoms with Crippen molar-refractivity contribution in [3.05, 3.63) is 22.7 Å². The lowest BCUT2D eigenvalue weighted by Gasteiger charge is -2.08. The standard InChI is InChI=1S/C11H13BrClNO4S/c1-14-11(15)3-2-6-18-10-5-4-8(7-9(10)12)19(13,16)17/h4-5,7H,2-3,6H2,1H3,(H,14,15). The van der Waals surface area contributed by atoms with Crippen molar-refractivity contribution in [2.45, 2.75) is 17.7 Å². The molecule has 0 aliphatic carbocycles. The molecule has 0 radical (unpaired) electrons. The molecular weight excluding hydrogens is 358 g/mol. The van der Waals surface area contributed by atoms with E-state index in [2.05, 4.69) is 21.2 Å². The van der Waals surface area contributed by atoms with E-state index in [0.717, 1.165) is 0 Å². The van der Waals surface area contributed by atoms with Gasteiger partial charge in [0.2, 0.25) is 5.91 Å². The van der Waals surface area contributed by atoms with Crippen LogP contribution in [0.4, 0.5) is 0 Å². The number of ether oxygens (including phenoxy) is 1. The van der Waals surface area contributed by atoms with Gasteiger partial charge in [-0.1, -0.05) is 0 Å². The third-order valence-corrected chi connectivity index (χ3v) is 4.24. The van der Waals surface area contributed by atoms with Gasteiger partial charge in [0.05, 0.1) is 16.0 Å². The van der Waals surface area contributed by atoms with Crippen LogP contribution in [0, 0.1) is 0 Å². The van der Waals surface area contributed by atoms with E-state index >= 15 is 0 Å². The van der Waals surface area contributed by atoms with Gasteiger partial charge >= 0.3 is 0 Å². The van der Waals surface area contributed by atoms with Crippen LogP contribution < -0.4 is 10.1 Å². The van der Waals surface area contributed by atoms with Crippen LogP contribution in [0.5, 0.6) is 5.75 Å². The number of halogens is 2. The maximum atomic E-state index is 11.1. The monoisotopic (exact) mass is 369 g/mol. The summed E-state index contributed by atoms with van der Waals surface area (Å²) >= 11 is 3.21. The van der Waals surface area contributed by atoms with E-state index in [1.54, 1.807) is 7.05 Å². The summed E-state index contributed by atoms with van der Waals surface area (Å²) in [5.74, 6) is 0.451. The van der Waals surface area contributed by atoms with Gasteiger partial charge in [0.1, 0.15) is 5.75 Å². The second-order valence-corrected chi connectivity index (χ2v) is 7.08. The van der Waals surface area contributed by atoms with E-state index in [-0.39, 0.29) is 10.8 Å². The fraction of sp³-hybridized carbons (Fsp3) is 0.364. The van der Waals surface area contributed by atoms with Crippen molar-refractivity contribution in [1.82, 2.24) is 5.32 Å². The maximum absolute atomic E-state index is 11.1. The Morgan fingerprint density at radius 1 is 1.47 bits per heavy atom. The van der Waals surface area contributed by atoms with Crippen LogP contribution in [0.3, 0.4) is 0 Å². The summed E-state index contributed by atoms with van der Waals surface area (Å²) in [5, 5.41) is 2.51. The summed E-state index contributed by atoms with van der Waals surface area (Å²) in [6.45, 7) is 0.360. The summed E-state index contributed by atoms with van der Waals surface area (Å²) in [6.07, 6.45) is 0.948. The van der Waals surface area contributed by atoms with Crippen LogP contribution in [-0.4, -0.2) is 28.0 Å². The lowest BCUT2D eigenvalue weighted by molar-refractivity contribution is -0.120. The Hall–Kier alpha value is -0.790. The molecule has 0 heterocycles. The molecule has 0 aliphatic rings. The van der Waals surface area contributed by atoms with Crippen LogP contribution in [0.2, 0.25) is 0 Å². The van der Waals surface area contributed by atoms with E-state index in [4.69, 9.17) is 15.4 Å². The number of rotatable bonds is 6. The number of hydrogen-bond donors (Lipinski definition) is 1. The van der Waals surface area contributed by atoms with Gasteiger partial charge in [-0.3, -0.25) is 4.79 Å². The van der Waals surface area contributed by atoms with Crippen molar-refractivity contribution in [2.24, 2.45) is 0 Å². The van der Waals surface area contributed by atoms with E-state index in [9.17, 15) is 13.2 Å². The molecule has 1 N–H and O–H groups in total. The molecule has 19 heavy (non-hydrogen) atoms. The Morgan fingerprint density at radius 2 is 2.16 bits per heavy atom. The van der Waals surface area contributed by atoms with Gasteiger partial charge in [-0.05, 0) is 40.5 Å². The molecule has 0 saturated carbocycles. The zero-order chi connectivity index (χ0) is 14.5. The highest BCUT2D eigenvalue weighted by molar-refractivity contribution is 9.10.